The van der Waals surface area contributed by atoms with E-state index in [1.807, 2.05) is 0 Å². The summed E-state index contributed by atoms with van der Waals surface area (Å²) in [6, 6.07) is 19.7. The van der Waals surface area contributed by atoms with Crippen molar-refractivity contribution in [1.82, 2.24) is 5.32 Å². The molecule has 1 nitrogen and oxygen atoms in total. The van der Waals surface area contributed by atoms with Gasteiger partial charge in [0.1, 0.15) is 0 Å². The lowest BCUT2D eigenvalue weighted by Crippen LogP contribution is -2.39. The fourth-order valence-electron chi connectivity index (χ4n) is 2.47. The predicted molar refractivity (Wildman–Crippen MR) is 91.8 cm³/mol. The quantitative estimate of drug-likeness (QED) is 0.837. The van der Waals surface area contributed by atoms with Crippen molar-refractivity contribution in [3.8, 4) is 0 Å². The third kappa shape index (κ3) is 5.35. The molecule has 0 heterocycles. The van der Waals surface area contributed by atoms with Crippen molar-refractivity contribution in [2.45, 2.75) is 45.6 Å². The minimum atomic E-state index is 0.152. The molecule has 1 atom stereocenters. The Bertz CT molecular complexity index is 534. The molecule has 0 saturated carbocycles. The van der Waals surface area contributed by atoms with Crippen LogP contribution in [0.4, 0.5) is 0 Å². The molecule has 0 aromatic heterocycles. The molecule has 2 aromatic rings. The van der Waals surface area contributed by atoms with Gasteiger partial charge in [0.05, 0.1) is 0 Å². The van der Waals surface area contributed by atoms with E-state index >= 15 is 0 Å². The molecule has 2 aromatic carbocycles. The molecule has 0 spiro atoms. The summed E-state index contributed by atoms with van der Waals surface area (Å²) in [5.74, 6) is 0.507. The second-order valence-electron chi connectivity index (χ2n) is 6.93. The fourth-order valence-corrected chi connectivity index (χ4v) is 2.47. The van der Waals surface area contributed by atoms with Gasteiger partial charge in [-0.15, -0.1) is 0 Å². The molecule has 2 rings (SSSR count). The molecule has 0 radical (unpaired) electrons. The number of rotatable bonds is 5. The number of hydrogen-bond donors (Lipinski definition) is 1. The lowest BCUT2D eigenvalue weighted by molar-refractivity contribution is 0.405. The van der Waals surface area contributed by atoms with Gasteiger partial charge in [0.25, 0.3) is 0 Å². The highest BCUT2D eigenvalue weighted by atomic mass is 14.9. The first-order valence-corrected chi connectivity index (χ1v) is 7.79. The first-order valence-electron chi connectivity index (χ1n) is 7.79. The van der Waals surface area contributed by atoms with Gasteiger partial charge in [-0.3, -0.25) is 0 Å². The van der Waals surface area contributed by atoms with Crippen LogP contribution in [0.15, 0.2) is 54.6 Å². The molecule has 0 aliphatic carbocycles. The van der Waals surface area contributed by atoms with Crippen molar-refractivity contribution in [3.63, 3.8) is 0 Å². The van der Waals surface area contributed by atoms with Crippen molar-refractivity contribution in [3.05, 3.63) is 71.3 Å². The average molecular weight is 281 g/mol. The molecule has 21 heavy (non-hydrogen) atoms. The maximum absolute atomic E-state index is 3.66. The highest BCUT2D eigenvalue weighted by Crippen LogP contribution is 2.22. The van der Waals surface area contributed by atoms with E-state index in [4.69, 9.17) is 0 Å². The zero-order chi connectivity index (χ0) is 15.3. The van der Waals surface area contributed by atoms with Crippen molar-refractivity contribution in [2.24, 2.45) is 0 Å². The van der Waals surface area contributed by atoms with Gasteiger partial charge >= 0.3 is 0 Å². The summed E-state index contributed by atoms with van der Waals surface area (Å²) in [5, 5.41) is 3.66. The molecule has 1 heteroatoms. The zero-order valence-electron chi connectivity index (χ0n) is 13.7. The molecule has 0 amide bonds. The molecule has 1 N–H and O–H groups in total. The first kappa shape index (κ1) is 15.8. The van der Waals surface area contributed by atoms with E-state index in [0.29, 0.717) is 5.92 Å². The van der Waals surface area contributed by atoms with E-state index in [1.54, 1.807) is 0 Å². The Labute approximate surface area is 129 Å². The van der Waals surface area contributed by atoms with Crippen LogP contribution >= 0.6 is 0 Å². The third-order valence-electron chi connectivity index (χ3n) is 3.75. The van der Waals surface area contributed by atoms with Crippen molar-refractivity contribution in [1.29, 1.82) is 0 Å². The summed E-state index contributed by atoms with van der Waals surface area (Å²) in [6.07, 6.45) is 1.08. The predicted octanol–water partition coefficient (Wildman–Crippen LogP) is 4.71. The Morgan fingerprint density at radius 2 is 1.52 bits per heavy atom. The second-order valence-corrected chi connectivity index (χ2v) is 6.93. The first-order chi connectivity index (χ1) is 9.94. The SMILES string of the molecule is Cc1ccc(C(CNC(C)(C)C)Cc2ccccc2)cc1. The third-order valence-corrected chi connectivity index (χ3v) is 3.75. The molecule has 0 aliphatic heterocycles. The smallest absolute Gasteiger partial charge is 0.00967 e. The van der Waals surface area contributed by atoms with E-state index in [-0.39, 0.29) is 5.54 Å². The number of aryl methyl sites for hydroxylation is 1. The second kappa shape index (κ2) is 6.91. The lowest BCUT2D eigenvalue weighted by atomic mass is 9.90. The minimum Gasteiger partial charge on any atom is -0.311 e. The monoisotopic (exact) mass is 281 g/mol. The standard InChI is InChI=1S/C20H27N/c1-16-10-12-18(13-11-16)19(15-21-20(2,3)4)14-17-8-6-5-7-9-17/h5-13,19,21H,14-15H2,1-4H3. The molecule has 0 bridgehead atoms. The van der Waals surface area contributed by atoms with Crippen LogP contribution in [-0.4, -0.2) is 12.1 Å². The van der Waals surface area contributed by atoms with Crippen LogP contribution in [0.3, 0.4) is 0 Å². The van der Waals surface area contributed by atoms with Gasteiger partial charge in [0.15, 0.2) is 0 Å². The topological polar surface area (TPSA) is 12.0 Å². The Balaban J connectivity index is 2.15. The molecule has 112 valence electrons. The number of benzene rings is 2. The maximum atomic E-state index is 3.66. The molecular weight excluding hydrogens is 254 g/mol. The minimum absolute atomic E-state index is 0.152. The van der Waals surface area contributed by atoms with Gasteiger partial charge in [0.2, 0.25) is 0 Å². The van der Waals surface area contributed by atoms with Crippen molar-refractivity contribution < 1.29 is 0 Å². The van der Waals surface area contributed by atoms with E-state index < -0.39 is 0 Å². The van der Waals surface area contributed by atoms with Crippen LogP contribution in [0.2, 0.25) is 0 Å². The summed E-state index contributed by atoms with van der Waals surface area (Å²) < 4.78 is 0. The van der Waals surface area contributed by atoms with E-state index in [2.05, 4.69) is 87.6 Å². The Morgan fingerprint density at radius 1 is 0.905 bits per heavy atom. The molecular formula is C20H27N. The largest absolute Gasteiger partial charge is 0.311 e. The summed E-state index contributed by atoms with van der Waals surface area (Å²) >= 11 is 0. The van der Waals surface area contributed by atoms with Gasteiger partial charge in [-0.05, 0) is 45.2 Å². The summed E-state index contributed by atoms with van der Waals surface area (Å²) in [4.78, 5) is 0. The van der Waals surface area contributed by atoms with Gasteiger partial charge in [-0.25, -0.2) is 0 Å². The number of hydrogen-bond acceptors (Lipinski definition) is 1. The highest BCUT2D eigenvalue weighted by molar-refractivity contribution is 5.27. The van der Waals surface area contributed by atoms with Crippen LogP contribution in [-0.2, 0) is 6.42 Å². The molecule has 0 saturated heterocycles. The van der Waals surface area contributed by atoms with E-state index in [9.17, 15) is 0 Å². The van der Waals surface area contributed by atoms with Crippen molar-refractivity contribution >= 4 is 0 Å². The van der Waals surface area contributed by atoms with Gasteiger partial charge < -0.3 is 5.32 Å². The normalized spacial score (nSPS) is 13.1. The molecule has 0 aliphatic rings. The molecule has 0 fully saturated rings. The van der Waals surface area contributed by atoms with Crippen LogP contribution in [0.1, 0.15) is 43.4 Å². The van der Waals surface area contributed by atoms with Crippen LogP contribution in [0.25, 0.3) is 0 Å². The Morgan fingerprint density at radius 3 is 2.10 bits per heavy atom. The van der Waals surface area contributed by atoms with Crippen LogP contribution in [0, 0.1) is 6.92 Å². The lowest BCUT2D eigenvalue weighted by Gasteiger charge is -2.26. The van der Waals surface area contributed by atoms with Gasteiger partial charge in [-0.1, -0.05) is 60.2 Å². The summed E-state index contributed by atoms with van der Waals surface area (Å²) in [7, 11) is 0. The maximum Gasteiger partial charge on any atom is 0.00967 e. The summed E-state index contributed by atoms with van der Waals surface area (Å²) in [5.41, 5.74) is 4.29. The average Bonchev–Trinajstić information content (AvgIpc) is 2.45. The van der Waals surface area contributed by atoms with Gasteiger partial charge in [0, 0.05) is 18.0 Å². The van der Waals surface area contributed by atoms with Crippen molar-refractivity contribution in [2.75, 3.05) is 6.54 Å². The summed E-state index contributed by atoms with van der Waals surface area (Å²) in [6.45, 7) is 9.82. The number of nitrogens with one attached hydrogen (secondary N) is 1. The zero-order valence-corrected chi connectivity index (χ0v) is 13.7. The van der Waals surface area contributed by atoms with Gasteiger partial charge in [-0.2, -0.15) is 0 Å². The van der Waals surface area contributed by atoms with Crippen LogP contribution < -0.4 is 5.32 Å². The fraction of sp³-hybridized carbons (Fsp3) is 0.400. The Hall–Kier alpha value is -1.60. The van der Waals surface area contributed by atoms with E-state index in [0.717, 1.165) is 13.0 Å². The Kier molecular flexibility index (Phi) is 5.19. The highest BCUT2D eigenvalue weighted by Gasteiger charge is 2.16. The van der Waals surface area contributed by atoms with E-state index in [1.165, 1.54) is 16.7 Å². The van der Waals surface area contributed by atoms with Crippen LogP contribution in [0.5, 0.6) is 0 Å². The molecule has 1 unspecified atom stereocenters.